The third-order valence-corrected chi connectivity index (χ3v) is 7.34. The number of nitrogens with two attached hydrogens (primary N) is 1. The van der Waals surface area contributed by atoms with E-state index in [4.69, 9.17) is 23.9 Å². The number of fused-ring (bicyclic) bond motifs is 2. The van der Waals surface area contributed by atoms with Crippen molar-refractivity contribution in [2.75, 3.05) is 22.1 Å². The standard InChI is InChI=1S/C28H27ClN6O3S/c1-4-33-24-13-11-21(29)19-25(24)35(17-15-30)28(33)10-7-5-6-9-27-32(3)23-14-12-22(31-2)20-26(23)34(27)16-8-18-39(36,37)38/h5-7,9-14,19-20H,4,8,16,18,30H2,1,3H3. The summed E-state index contributed by atoms with van der Waals surface area (Å²) in [5.41, 5.74) is 9.53. The van der Waals surface area contributed by atoms with Crippen molar-refractivity contribution >= 4 is 55.9 Å². The largest absolute Gasteiger partial charge is 0.748 e. The second-order valence-electron chi connectivity index (χ2n) is 8.71. The van der Waals surface area contributed by atoms with Crippen molar-refractivity contribution in [3.63, 3.8) is 0 Å². The molecule has 200 valence electrons. The summed E-state index contributed by atoms with van der Waals surface area (Å²) in [5.74, 6) is 1.17. The molecule has 9 nitrogen and oxygen atoms in total. The Morgan fingerprint density at radius 1 is 1.18 bits per heavy atom. The number of anilines is 2. The molecule has 0 saturated carbocycles. The lowest BCUT2D eigenvalue weighted by Gasteiger charge is -2.19. The Morgan fingerprint density at radius 3 is 2.67 bits per heavy atom. The van der Waals surface area contributed by atoms with E-state index in [-0.39, 0.29) is 6.42 Å². The molecule has 0 fully saturated rings. The fourth-order valence-electron chi connectivity index (χ4n) is 4.64. The van der Waals surface area contributed by atoms with E-state index in [1.807, 2.05) is 77.8 Å². The average Bonchev–Trinajstić information content (AvgIpc) is 3.33. The van der Waals surface area contributed by atoms with Crippen LogP contribution >= 0.6 is 11.6 Å². The highest BCUT2D eigenvalue weighted by Crippen LogP contribution is 2.42. The molecule has 0 spiro atoms. The molecular formula is C28H27ClN6O3S. The van der Waals surface area contributed by atoms with E-state index in [0.29, 0.717) is 23.8 Å². The van der Waals surface area contributed by atoms with Crippen molar-refractivity contribution in [2.45, 2.75) is 19.9 Å². The maximum atomic E-state index is 11.2. The van der Waals surface area contributed by atoms with E-state index in [0.717, 1.165) is 34.1 Å². The predicted molar refractivity (Wildman–Crippen MR) is 154 cm³/mol. The number of allylic oxidation sites excluding steroid dienone is 4. The quantitative estimate of drug-likeness (QED) is 0.110. The Morgan fingerprint density at radius 2 is 1.97 bits per heavy atom. The third kappa shape index (κ3) is 5.94. The maximum absolute atomic E-state index is 11.2. The summed E-state index contributed by atoms with van der Waals surface area (Å²) in [4.78, 5) is 7.42. The molecular weight excluding hydrogens is 536 g/mol. The number of nitrogens with zero attached hydrogens (tertiary/aromatic N) is 5. The summed E-state index contributed by atoms with van der Waals surface area (Å²) < 4.78 is 37.4. The van der Waals surface area contributed by atoms with Gasteiger partial charge < -0.3 is 15.2 Å². The van der Waals surface area contributed by atoms with Gasteiger partial charge in [-0.1, -0.05) is 35.9 Å². The number of aromatic nitrogens is 2. The van der Waals surface area contributed by atoms with Crippen LogP contribution in [-0.4, -0.2) is 29.8 Å². The van der Waals surface area contributed by atoms with Crippen LogP contribution in [0.15, 0.2) is 66.5 Å². The van der Waals surface area contributed by atoms with E-state index in [1.54, 1.807) is 17.0 Å². The fourth-order valence-corrected chi connectivity index (χ4v) is 5.29. The number of imidazole rings is 1. The molecule has 0 radical (unpaired) electrons. The summed E-state index contributed by atoms with van der Waals surface area (Å²) >= 11 is 6.23. The number of hydrogen-bond acceptors (Lipinski definition) is 6. The molecule has 1 aromatic heterocycles. The number of benzene rings is 2. The van der Waals surface area contributed by atoms with Crippen molar-refractivity contribution < 1.29 is 17.5 Å². The van der Waals surface area contributed by atoms with Gasteiger partial charge in [-0.2, -0.15) is 0 Å². The number of hydrogen-bond donors (Lipinski definition) is 1. The minimum atomic E-state index is -4.32. The maximum Gasteiger partial charge on any atom is 0.282 e. The van der Waals surface area contributed by atoms with E-state index in [2.05, 4.69) is 21.8 Å². The lowest BCUT2D eigenvalue weighted by atomic mass is 10.2. The number of rotatable bonds is 8. The molecule has 11 heteroatoms. The van der Waals surface area contributed by atoms with Crippen molar-refractivity contribution in [2.24, 2.45) is 12.8 Å². The monoisotopic (exact) mass is 562 g/mol. The molecule has 3 aromatic rings. The van der Waals surface area contributed by atoms with Gasteiger partial charge >= 0.3 is 0 Å². The first-order valence-corrected chi connectivity index (χ1v) is 14.1. The van der Waals surface area contributed by atoms with Gasteiger partial charge in [-0.05, 0) is 49.8 Å². The highest BCUT2D eigenvalue weighted by molar-refractivity contribution is 7.85. The lowest BCUT2D eigenvalue weighted by Crippen LogP contribution is -2.31. The Balaban J connectivity index is 1.65. The SMILES string of the molecule is [C-]#[N+]c1ccc2c(c1)n(CCCS(=O)(=O)[O-])c(/C=C/C=C/C=C1/N(C#CN)c3cc(Cl)ccc3N1CC)[n+]2C. The topological polar surface area (TPSA) is 103 Å². The highest BCUT2D eigenvalue weighted by Gasteiger charge is 2.29. The van der Waals surface area contributed by atoms with Crippen LogP contribution in [0.5, 0.6) is 0 Å². The molecule has 2 heterocycles. The van der Waals surface area contributed by atoms with Gasteiger partial charge in [-0.25, -0.2) is 22.4 Å². The summed E-state index contributed by atoms with van der Waals surface area (Å²) in [6, 6.07) is 16.4. The van der Waals surface area contributed by atoms with Gasteiger partial charge in [0.15, 0.2) is 16.7 Å². The van der Waals surface area contributed by atoms with Crippen LogP contribution < -0.4 is 20.1 Å². The van der Waals surface area contributed by atoms with Crippen LogP contribution in [0.3, 0.4) is 0 Å². The van der Waals surface area contributed by atoms with Crippen LogP contribution in [0.4, 0.5) is 17.1 Å². The van der Waals surface area contributed by atoms with Crippen molar-refractivity contribution in [1.82, 2.24) is 4.57 Å². The average molecular weight is 563 g/mol. The third-order valence-electron chi connectivity index (χ3n) is 6.32. The van der Waals surface area contributed by atoms with Gasteiger partial charge in [0, 0.05) is 35.5 Å². The van der Waals surface area contributed by atoms with Crippen LogP contribution in [0.2, 0.25) is 5.02 Å². The zero-order valence-electron chi connectivity index (χ0n) is 21.5. The molecule has 0 unspecified atom stereocenters. The second-order valence-corrected chi connectivity index (χ2v) is 10.7. The van der Waals surface area contributed by atoms with Gasteiger partial charge in [0.25, 0.3) is 5.82 Å². The van der Waals surface area contributed by atoms with Gasteiger partial charge in [0.05, 0.1) is 41.7 Å². The second kappa shape index (κ2) is 11.7. The highest BCUT2D eigenvalue weighted by atomic mass is 35.5. The molecule has 4 rings (SSSR count). The zero-order chi connectivity index (χ0) is 28.2. The van der Waals surface area contributed by atoms with E-state index >= 15 is 0 Å². The van der Waals surface area contributed by atoms with Crippen LogP contribution in [-0.2, 0) is 23.7 Å². The Kier molecular flexibility index (Phi) is 8.32. The van der Waals surface area contributed by atoms with Crippen LogP contribution in [0.1, 0.15) is 19.2 Å². The Hall–Kier alpha value is -4.22. The first-order chi connectivity index (χ1) is 18.7. The lowest BCUT2D eigenvalue weighted by molar-refractivity contribution is -0.647. The van der Waals surface area contributed by atoms with E-state index in [1.165, 1.54) is 0 Å². The smallest absolute Gasteiger partial charge is 0.282 e. The van der Waals surface area contributed by atoms with Gasteiger partial charge in [-0.3, -0.25) is 4.90 Å². The number of halogens is 1. The first-order valence-electron chi connectivity index (χ1n) is 12.1. The Bertz CT molecular complexity index is 1720. The predicted octanol–water partition coefficient (Wildman–Crippen LogP) is 4.24. The van der Waals surface area contributed by atoms with Crippen molar-refractivity contribution in [3.05, 3.63) is 88.8 Å². The van der Waals surface area contributed by atoms with Gasteiger partial charge in [0.2, 0.25) is 0 Å². The summed E-state index contributed by atoms with van der Waals surface area (Å²) in [5, 5.41) is 0.605. The number of aryl methyl sites for hydroxylation is 2. The molecule has 0 aliphatic carbocycles. The summed E-state index contributed by atoms with van der Waals surface area (Å²) in [6.07, 6.45) is 9.63. The van der Waals surface area contributed by atoms with Crippen molar-refractivity contribution in [3.8, 4) is 12.1 Å². The molecule has 0 amide bonds. The van der Waals surface area contributed by atoms with Crippen LogP contribution in [0.25, 0.3) is 22.0 Å². The normalized spacial score (nSPS) is 14.4. The van der Waals surface area contributed by atoms with Gasteiger partial charge in [0.1, 0.15) is 5.82 Å². The molecule has 0 bridgehead atoms. The van der Waals surface area contributed by atoms with Gasteiger partial charge in [-0.15, -0.1) is 0 Å². The molecule has 0 saturated heterocycles. The van der Waals surface area contributed by atoms with E-state index < -0.39 is 15.9 Å². The van der Waals surface area contributed by atoms with Crippen LogP contribution in [0, 0.1) is 18.7 Å². The first kappa shape index (κ1) is 27.8. The summed E-state index contributed by atoms with van der Waals surface area (Å²) in [6.45, 7) is 10.4. The molecule has 2 aromatic carbocycles. The van der Waals surface area contributed by atoms with E-state index in [9.17, 15) is 13.0 Å². The molecule has 1 aliphatic heterocycles. The Labute approximate surface area is 233 Å². The summed E-state index contributed by atoms with van der Waals surface area (Å²) in [7, 11) is -2.43. The molecule has 2 N–H and O–H groups in total. The fraction of sp³-hybridized carbons (Fsp3) is 0.214. The minimum Gasteiger partial charge on any atom is -0.748 e. The molecule has 0 atom stereocenters. The molecule has 1 aliphatic rings. The zero-order valence-corrected chi connectivity index (χ0v) is 23.1. The minimum absolute atomic E-state index is 0.163. The molecule has 39 heavy (non-hydrogen) atoms. The van der Waals surface area contributed by atoms with Crippen molar-refractivity contribution in [1.29, 1.82) is 0 Å².